The van der Waals surface area contributed by atoms with Gasteiger partial charge in [-0.15, -0.1) is 0 Å². The SMILES string of the molecule is CC1CCNCC1NC(=O)Cc1coc(-c2ccc(F)cc2)n1. The van der Waals surface area contributed by atoms with Crippen molar-refractivity contribution < 1.29 is 13.6 Å². The predicted molar refractivity (Wildman–Crippen MR) is 84.2 cm³/mol. The largest absolute Gasteiger partial charge is 0.444 e. The fraction of sp³-hybridized carbons (Fsp3) is 0.412. The second kappa shape index (κ2) is 6.91. The summed E-state index contributed by atoms with van der Waals surface area (Å²) in [5.41, 5.74) is 1.25. The van der Waals surface area contributed by atoms with Crippen LogP contribution in [0.15, 0.2) is 34.9 Å². The normalized spacial score (nSPS) is 21.1. The highest BCUT2D eigenvalue weighted by molar-refractivity contribution is 5.78. The molecule has 1 aliphatic rings. The third-order valence-electron chi connectivity index (χ3n) is 4.16. The molecule has 1 aromatic heterocycles. The van der Waals surface area contributed by atoms with E-state index in [1.807, 2.05) is 0 Å². The van der Waals surface area contributed by atoms with Crippen LogP contribution in [-0.4, -0.2) is 30.0 Å². The second-order valence-electron chi connectivity index (χ2n) is 5.97. The zero-order valence-corrected chi connectivity index (χ0v) is 13.0. The maximum atomic E-state index is 12.9. The highest BCUT2D eigenvalue weighted by atomic mass is 19.1. The van der Waals surface area contributed by atoms with Gasteiger partial charge in [-0.2, -0.15) is 0 Å². The highest BCUT2D eigenvalue weighted by Crippen LogP contribution is 2.19. The first kappa shape index (κ1) is 15.7. The van der Waals surface area contributed by atoms with Gasteiger partial charge >= 0.3 is 0 Å². The molecule has 1 amide bonds. The number of carbonyl (C=O) groups excluding carboxylic acids is 1. The van der Waals surface area contributed by atoms with Crippen LogP contribution in [0.25, 0.3) is 11.5 Å². The van der Waals surface area contributed by atoms with E-state index in [9.17, 15) is 9.18 Å². The van der Waals surface area contributed by atoms with E-state index in [2.05, 4.69) is 22.5 Å². The van der Waals surface area contributed by atoms with Gasteiger partial charge in [0, 0.05) is 18.2 Å². The number of carbonyl (C=O) groups is 1. The van der Waals surface area contributed by atoms with E-state index in [-0.39, 0.29) is 24.2 Å². The van der Waals surface area contributed by atoms with Gasteiger partial charge in [-0.05, 0) is 43.1 Å². The van der Waals surface area contributed by atoms with E-state index in [0.717, 1.165) is 19.5 Å². The Kier molecular flexibility index (Phi) is 4.71. The third-order valence-corrected chi connectivity index (χ3v) is 4.16. The van der Waals surface area contributed by atoms with Gasteiger partial charge in [-0.1, -0.05) is 6.92 Å². The Morgan fingerprint density at radius 3 is 2.96 bits per heavy atom. The van der Waals surface area contributed by atoms with Gasteiger partial charge in [0.1, 0.15) is 12.1 Å². The summed E-state index contributed by atoms with van der Waals surface area (Å²) in [5.74, 6) is 0.479. The molecule has 6 heteroatoms. The molecular formula is C17H20FN3O2. The summed E-state index contributed by atoms with van der Waals surface area (Å²) in [4.78, 5) is 16.4. The third kappa shape index (κ3) is 3.96. The van der Waals surface area contributed by atoms with Crippen molar-refractivity contribution in [2.24, 2.45) is 5.92 Å². The Labute approximate surface area is 134 Å². The number of amides is 1. The first-order chi connectivity index (χ1) is 11.1. The van der Waals surface area contributed by atoms with Crippen LogP contribution in [0, 0.1) is 11.7 Å². The van der Waals surface area contributed by atoms with Gasteiger partial charge < -0.3 is 15.1 Å². The van der Waals surface area contributed by atoms with Gasteiger partial charge in [-0.25, -0.2) is 9.37 Å². The number of aromatic nitrogens is 1. The van der Waals surface area contributed by atoms with Crippen molar-refractivity contribution in [3.63, 3.8) is 0 Å². The van der Waals surface area contributed by atoms with Crippen LogP contribution in [0.3, 0.4) is 0 Å². The number of oxazole rings is 1. The van der Waals surface area contributed by atoms with Crippen molar-refractivity contribution in [1.29, 1.82) is 0 Å². The highest BCUT2D eigenvalue weighted by Gasteiger charge is 2.23. The van der Waals surface area contributed by atoms with Gasteiger partial charge in [-0.3, -0.25) is 4.79 Å². The molecule has 0 saturated carbocycles. The fourth-order valence-electron chi connectivity index (χ4n) is 2.72. The number of hydrogen-bond acceptors (Lipinski definition) is 4. The molecule has 0 aliphatic carbocycles. The lowest BCUT2D eigenvalue weighted by Crippen LogP contribution is -2.50. The number of nitrogens with one attached hydrogen (secondary N) is 2. The van der Waals surface area contributed by atoms with Crippen LogP contribution >= 0.6 is 0 Å². The summed E-state index contributed by atoms with van der Waals surface area (Å²) in [5, 5.41) is 6.33. The van der Waals surface area contributed by atoms with Crippen LogP contribution in [0.2, 0.25) is 0 Å². The molecule has 2 unspecified atom stereocenters. The maximum Gasteiger partial charge on any atom is 0.226 e. The van der Waals surface area contributed by atoms with Crippen molar-refractivity contribution in [1.82, 2.24) is 15.6 Å². The van der Waals surface area contributed by atoms with Crippen molar-refractivity contribution >= 4 is 5.91 Å². The lowest BCUT2D eigenvalue weighted by atomic mass is 9.95. The van der Waals surface area contributed by atoms with Crippen molar-refractivity contribution in [2.45, 2.75) is 25.8 Å². The summed E-state index contributed by atoms with van der Waals surface area (Å²) < 4.78 is 18.3. The average molecular weight is 317 g/mol. The monoisotopic (exact) mass is 317 g/mol. The van der Waals surface area contributed by atoms with E-state index in [1.165, 1.54) is 18.4 Å². The minimum Gasteiger partial charge on any atom is -0.444 e. The van der Waals surface area contributed by atoms with Gasteiger partial charge in [0.05, 0.1) is 12.1 Å². The van der Waals surface area contributed by atoms with E-state index < -0.39 is 0 Å². The molecule has 2 aromatic rings. The first-order valence-electron chi connectivity index (χ1n) is 7.82. The van der Waals surface area contributed by atoms with Crippen molar-refractivity contribution in [3.8, 4) is 11.5 Å². The molecule has 0 radical (unpaired) electrons. The molecule has 23 heavy (non-hydrogen) atoms. The zero-order valence-electron chi connectivity index (χ0n) is 13.0. The molecule has 1 aromatic carbocycles. The van der Waals surface area contributed by atoms with Crippen LogP contribution in [0.5, 0.6) is 0 Å². The number of nitrogens with zero attached hydrogens (tertiary/aromatic N) is 1. The number of halogens is 1. The standard InChI is InChI=1S/C17H20FN3O2/c1-11-6-7-19-9-15(11)21-16(22)8-14-10-23-17(20-14)12-2-4-13(18)5-3-12/h2-5,10-11,15,19H,6-9H2,1H3,(H,21,22). The van der Waals surface area contributed by atoms with Crippen LogP contribution in [-0.2, 0) is 11.2 Å². The molecule has 122 valence electrons. The molecular weight excluding hydrogens is 297 g/mol. The van der Waals surface area contributed by atoms with Gasteiger partial charge in [0.2, 0.25) is 11.8 Å². The molecule has 1 aliphatic heterocycles. The van der Waals surface area contributed by atoms with Gasteiger partial charge in [0.25, 0.3) is 0 Å². The topological polar surface area (TPSA) is 67.2 Å². The number of rotatable bonds is 4. The Bertz CT molecular complexity index is 669. The van der Waals surface area contributed by atoms with E-state index >= 15 is 0 Å². The molecule has 1 fully saturated rings. The van der Waals surface area contributed by atoms with E-state index in [4.69, 9.17) is 4.42 Å². The second-order valence-corrected chi connectivity index (χ2v) is 5.97. The first-order valence-corrected chi connectivity index (χ1v) is 7.82. The number of hydrogen-bond donors (Lipinski definition) is 2. The lowest BCUT2D eigenvalue weighted by Gasteiger charge is -2.30. The lowest BCUT2D eigenvalue weighted by molar-refractivity contribution is -0.121. The van der Waals surface area contributed by atoms with Crippen LogP contribution in [0.1, 0.15) is 19.0 Å². The van der Waals surface area contributed by atoms with E-state index in [1.54, 1.807) is 12.1 Å². The summed E-state index contributed by atoms with van der Waals surface area (Å²) in [7, 11) is 0. The molecule has 2 atom stereocenters. The molecule has 5 nitrogen and oxygen atoms in total. The number of benzene rings is 1. The average Bonchev–Trinajstić information content (AvgIpc) is 2.98. The van der Waals surface area contributed by atoms with Crippen molar-refractivity contribution in [2.75, 3.05) is 13.1 Å². The Morgan fingerprint density at radius 1 is 1.43 bits per heavy atom. The zero-order chi connectivity index (χ0) is 16.2. The minimum absolute atomic E-state index is 0.0653. The Hall–Kier alpha value is -2.21. The molecule has 2 heterocycles. The fourth-order valence-corrected chi connectivity index (χ4v) is 2.72. The smallest absolute Gasteiger partial charge is 0.226 e. The summed E-state index contributed by atoms with van der Waals surface area (Å²) in [6.07, 6.45) is 2.71. The van der Waals surface area contributed by atoms with Crippen molar-refractivity contribution in [3.05, 3.63) is 42.0 Å². The molecule has 0 spiro atoms. The molecule has 0 bridgehead atoms. The molecule has 1 saturated heterocycles. The van der Waals surface area contributed by atoms with Gasteiger partial charge in [0.15, 0.2) is 0 Å². The summed E-state index contributed by atoms with van der Waals surface area (Å²) in [6.45, 7) is 3.94. The maximum absolute atomic E-state index is 12.9. The Morgan fingerprint density at radius 2 is 2.22 bits per heavy atom. The number of piperidine rings is 1. The summed E-state index contributed by atoms with van der Waals surface area (Å²) in [6, 6.07) is 6.05. The van der Waals surface area contributed by atoms with E-state index in [0.29, 0.717) is 23.1 Å². The quantitative estimate of drug-likeness (QED) is 0.906. The molecule has 2 N–H and O–H groups in total. The van der Waals surface area contributed by atoms with Crippen LogP contribution < -0.4 is 10.6 Å². The Balaban J connectivity index is 1.60. The summed E-state index contributed by atoms with van der Waals surface area (Å²) >= 11 is 0. The minimum atomic E-state index is -0.310. The predicted octanol–water partition coefficient (Wildman–Crippen LogP) is 2.14. The molecule has 3 rings (SSSR count). The van der Waals surface area contributed by atoms with Crippen LogP contribution in [0.4, 0.5) is 4.39 Å².